The molecular formula is C24H21ClN4O3. The van der Waals surface area contributed by atoms with Gasteiger partial charge in [-0.25, -0.2) is 0 Å². The molecule has 4 rings (SSSR count). The third-order valence-corrected chi connectivity index (χ3v) is 5.41. The predicted octanol–water partition coefficient (Wildman–Crippen LogP) is 4.10. The van der Waals surface area contributed by atoms with Crippen LogP contribution in [0.1, 0.15) is 17.1 Å². The number of carbonyl (C=O) groups is 1. The second-order valence-electron chi connectivity index (χ2n) is 7.14. The van der Waals surface area contributed by atoms with Crippen LogP contribution in [0, 0.1) is 11.3 Å². The fourth-order valence-electron chi connectivity index (χ4n) is 3.37. The molecule has 2 heterocycles. The number of ether oxygens (including phenoxy) is 1. The summed E-state index contributed by atoms with van der Waals surface area (Å²) >= 11 is 6.17. The van der Waals surface area contributed by atoms with E-state index in [1.807, 2.05) is 53.4 Å². The van der Waals surface area contributed by atoms with Crippen molar-refractivity contribution in [1.29, 1.82) is 5.26 Å². The normalized spacial score (nSPS) is 13.9. The molecule has 32 heavy (non-hydrogen) atoms. The molecule has 2 aromatic carbocycles. The molecule has 0 radical (unpaired) electrons. The van der Waals surface area contributed by atoms with Crippen LogP contribution < -0.4 is 9.64 Å². The van der Waals surface area contributed by atoms with E-state index >= 15 is 0 Å². The molecule has 0 unspecified atom stereocenters. The maximum absolute atomic E-state index is 12.5. The van der Waals surface area contributed by atoms with Gasteiger partial charge in [0, 0.05) is 37.3 Å². The lowest BCUT2D eigenvalue weighted by molar-refractivity contribution is -0.133. The molecule has 1 saturated heterocycles. The molecular weight excluding hydrogens is 428 g/mol. The number of carbonyl (C=O) groups excluding carboxylic acids is 1. The second kappa shape index (κ2) is 10.0. The topological polar surface area (TPSA) is 82.6 Å². The molecule has 0 atom stereocenters. The Labute approximate surface area is 191 Å². The first kappa shape index (κ1) is 21.5. The van der Waals surface area contributed by atoms with Crippen molar-refractivity contribution in [2.45, 2.75) is 0 Å². The first-order valence-corrected chi connectivity index (χ1v) is 10.6. The summed E-state index contributed by atoms with van der Waals surface area (Å²) in [6.07, 6.45) is 3.48. The molecule has 162 valence electrons. The zero-order valence-corrected chi connectivity index (χ0v) is 18.0. The second-order valence-corrected chi connectivity index (χ2v) is 7.55. The average Bonchev–Trinajstić information content (AvgIpc) is 3.26. The molecule has 0 spiro atoms. The maximum Gasteiger partial charge on any atom is 0.260 e. The number of benzene rings is 2. The number of rotatable bonds is 6. The highest BCUT2D eigenvalue weighted by Crippen LogP contribution is 2.25. The van der Waals surface area contributed by atoms with E-state index in [0.717, 1.165) is 5.56 Å². The van der Waals surface area contributed by atoms with Gasteiger partial charge >= 0.3 is 0 Å². The molecule has 1 amide bonds. The Hall–Kier alpha value is -3.76. The SMILES string of the molecule is N#Cc1nc(C=Cc2ccccc2Cl)oc1N1CCN(C(=O)COc2ccccc2)CC1. The minimum absolute atomic E-state index is 0.00719. The average molecular weight is 449 g/mol. The molecule has 0 bridgehead atoms. The molecule has 1 fully saturated rings. The van der Waals surface area contributed by atoms with Crippen LogP contribution >= 0.6 is 11.6 Å². The van der Waals surface area contributed by atoms with Crippen molar-refractivity contribution in [2.75, 3.05) is 37.7 Å². The highest BCUT2D eigenvalue weighted by molar-refractivity contribution is 6.32. The summed E-state index contributed by atoms with van der Waals surface area (Å²) in [5, 5.41) is 10.1. The first-order chi connectivity index (χ1) is 15.6. The fraction of sp³-hybridized carbons (Fsp3) is 0.208. The van der Waals surface area contributed by atoms with Gasteiger partial charge in [-0.3, -0.25) is 4.79 Å². The number of hydrogen-bond acceptors (Lipinski definition) is 6. The number of nitrogens with zero attached hydrogens (tertiary/aromatic N) is 4. The summed E-state index contributed by atoms with van der Waals surface area (Å²) < 4.78 is 11.4. The Morgan fingerprint density at radius 2 is 1.81 bits per heavy atom. The Morgan fingerprint density at radius 1 is 1.09 bits per heavy atom. The van der Waals surface area contributed by atoms with E-state index in [-0.39, 0.29) is 18.2 Å². The standard InChI is InChI=1S/C24H21ClN4O3/c25-20-9-5-4-6-18(20)10-11-22-27-21(16-26)24(32-22)29-14-12-28(13-15-29)23(30)17-31-19-7-2-1-3-8-19/h1-11H,12-15,17H2. The van der Waals surface area contributed by atoms with E-state index in [9.17, 15) is 10.1 Å². The largest absolute Gasteiger partial charge is 0.484 e. The molecule has 1 aromatic heterocycles. The molecule has 0 saturated carbocycles. The molecule has 0 aliphatic carbocycles. The summed E-state index contributed by atoms with van der Waals surface area (Å²) in [7, 11) is 0. The van der Waals surface area contributed by atoms with Gasteiger partial charge in [-0.2, -0.15) is 10.2 Å². The first-order valence-electron chi connectivity index (χ1n) is 10.2. The Bertz CT molecular complexity index is 1150. The number of oxazole rings is 1. The van der Waals surface area contributed by atoms with Gasteiger partial charge in [-0.15, -0.1) is 0 Å². The number of para-hydroxylation sites is 1. The molecule has 8 heteroatoms. The monoisotopic (exact) mass is 448 g/mol. The van der Waals surface area contributed by atoms with Crippen LogP contribution in [0.3, 0.4) is 0 Å². The van der Waals surface area contributed by atoms with Gasteiger partial charge in [0.1, 0.15) is 11.8 Å². The van der Waals surface area contributed by atoms with E-state index < -0.39 is 0 Å². The number of aromatic nitrogens is 1. The van der Waals surface area contributed by atoms with Gasteiger partial charge in [0.05, 0.1) is 0 Å². The summed E-state index contributed by atoms with van der Waals surface area (Å²) in [4.78, 5) is 20.4. The van der Waals surface area contributed by atoms with Crippen LogP contribution in [0.15, 0.2) is 59.0 Å². The lowest BCUT2D eigenvalue weighted by Crippen LogP contribution is -2.50. The van der Waals surface area contributed by atoms with E-state index in [2.05, 4.69) is 11.1 Å². The van der Waals surface area contributed by atoms with Crippen LogP contribution in [-0.4, -0.2) is 48.6 Å². The number of piperazine rings is 1. The van der Waals surface area contributed by atoms with E-state index in [1.54, 1.807) is 23.1 Å². The van der Waals surface area contributed by atoms with Crippen LogP contribution in [0.4, 0.5) is 5.88 Å². The van der Waals surface area contributed by atoms with Crippen LogP contribution in [0.5, 0.6) is 5.75 Å². The number of hydrogen-bond donors (Lipinski definition) is 0. The lowest BCUT2D eigenvalue weighted by atomic mass is 10.2. The van der Waals surface area contributed by atoms with Crippen molar-refractivity contribution in [1.82, 2.24) is 9.88 Å². The zero-order valence-electron chi connectivity index (χ0n) is 17.3. The number of halogens is 1. The summed E-state index contributed by atoms with van der Waals surface area (Å²) in [6, 6.07) is 18.8. The van der Waals surface area contributed by atoms with Crippen molar-refractivity contribution in [3.8, 4) is 11.8 Å². The summed E-state index contributed by atoms with van der Waals surface area (Å²) in [5.74, 6) is 1.33. The third-order valence-electron chi connectivity index (χ3n) is 5.07. The zero-order chi connectivity index (χ0) is 22.3. The van der Waals surface area contributed by atoms with Gasteiger partial charge in [-0.1, -0.05) is 48.0 Å². The number of amides is 1. The Kier molecular flexibility index (Phi) is 6.73. The minimum Gasteiger partial charge on any atom is -0.484 e. The predicted molar refractivity (Wildman–Crippen MR) is 122 cm³/mol. The molecule has 1 aliphatic heterocycles. The number of nitriles is 1. The summed E-state index contributed by atoms with van der Waals surface area (Å²) in [5.41, 5.74) is 1.05. The molecule has 1 aliphatic rings. The lowest BCUT2D eigenvalue weighted by Gasteiger charge is -2.34. The highest BCUT2D eigenvalue weighted by atomic mass is 35.5. The van der Waals surface area contributed by atoms with Crippen molar-refractivity contribution in [3.05, 3.63) is 76.8 Å². The molecule has 7 nitrogen and oxygen atoms in total. The maximum atomic E-state index is 12.5. The van der Waals surface area contributed by atoms with Crippen molar-refractivity contribution < 1.29 is 13.9 Å². The summed E-state index contributed by atoms with van der Waals surface area (Å²) in [6.45, 7) is 2.08. The molecule has 0 N–H and O–H groups in total. The highest BCUT2D eigenvalue weighted by Gasteiger charge is 2.26. The van der Waals surface area contributed by atoms with Gasteiger partial charge in [0.15, 0.2) is 6.61 Å². The van der Waals surface area contributed by atoms with Crippen molar-refractivity contribution in [2.24, 2.45) is 0 Å². The minimum atomic E-state index is -0.0741. The Balaban J connectivity index is 1.36. The van der Waals surface area contributed by atoms with Crippen LogP contribution in [0.2, 0.25) is 5.02 Å². The fourth-order valence-corrected chi connectivity index (χ4v) is 3.57. The van der Waals surface area contributed by atoms with E-state index in [0.29, 0.717) is 48.7 Å². The van der Waals surface area contributed by atoms with Crippen LogP contribution in [-0.2, 0) is 4.79 Å². The molecule has 3 aromatic rings. The Morgan fingerprint density at radius 3 is 2.53 bits per heavy atom. The van der Waals surface area contributed by atoms with E-state index in [1.165, 1.54) is 0 Å². The van der Waals surface area contributed by atoms with Gasteiger partial charge < -0.3 is 19.0 Å². The van der Waals surface area contributed by atoms with Gasteiger partial charge in [-0.05, 0) is 29.8 Å². The van der Waals surface area contributed by atoms with Crippen molar-refractivity contribution in [3.63, 3.8) is 0 Å². The van der Waals surface area contributed by atoms with Gasteiger partial charge in [0.2, 0.25) is 17.5 Å². The van der Waals surface area contributed by atoms with Crippen molar-refractivity contribution >= 4 is 35.5 Å². The van der Waals surface area contributed by atoms with Gasteiger partial charge in [0.25, 0.3) is 5.91 Å². The van der Waals surface area contributed by atoms with Crippen LogP contribution in [0.25, 0.3) is 12.2 Å². The smallest absolute Gasteiger partial charge is 0.260 e. The number of anilines is 1. The van der Waals surface area contributed by atoms with E-state index in [4.69, 9.17) is 20.8 Å². The quantitative estimate of drug-likeness (QED) is 0.564. The third kappa shape index (κ3) is 5.10.